The summed E-state index contributed by atoms with van der Waals surface area (Å²) in [6.45, 7) is 3.43. The number of amides is 1. The van der Waals surface area contributed by atoms with Crippen LogP contribution < -0.4 is 10.1 Å². The number of oxazole rings is 1. The van der Waals surface area contributed by atoms with Gasteiger partial charge in [-0.05, 0) is 47.9 Å². The molecule has 0 fully saturated rings. The van der Waals surface area contributed by atoms with Crippen molar-refractivity contribution in [1.29, 1.82) is 0 Å². The topological polar surface area (TPSA) is 67.6 Å². The first-order valence-corrected chi connectivity index (χ1v) is 11.4. The monoisotopic (exact) mass is 473 g/mol. The van der Waals surface area contributed by atoms with Gasteiger partial charge in [-0.15, -0.1) is 0 Å². The maximum Gasteiger partial charge on any atom is 0.273 e. The van der Waals surface area contributed by atoms with E-state index in [1.54, 1.807) is 19.2 Å². The molecule has 4 aromatic rings. The zero-order chi connectivity index (χ0) is 24.6. The number of hydrogen-bond donors (Lipinski definition) is 1. The second-order valence-electron chi connectivity index (χ2n) is 8.36. The van der Waals surface area contributed by atoms with Crippen molar-refractivity contribution in [2.45, 2.75) is 32.6 Å². The molecule has 1 N–H and O–H groups in total. The summed E-state index contributed by atoms with van der Waals surface area (Å²) in [5, 5.41) is 2.95. The molecule has 0 aliphatic carbocycles. The molecule has 4 rings (SSSR count). The highest BCUT2D eigenvalue weighted by molar-refractivity contribution is 5.92. The van der Waals surface area contributed by atoms with E-state index in [1.807, 2.05) is 61.5 Å². The summed E-state index contributed by atoms with van der Waals surface area (Å²) in [6.07, 6.45) is 1.38. The van der Waals surface area contributed by atoms with E-state index in [1.165, 1.54) is 18.4 Å². The van der Waals surface area contributed by atoms with Gasteiger partial charge in [0.15, 0.2) is 5.69 Å². The zero-order valence-electron chi connectivity index (χ0n) is 19.8. The molecule has 0 unspecified atom stereocenters. The van der Waals surface area contributed by atoms with Crippen molar-refractivity contribution in [3.8, 4) is 5.75 Å². The van der Waals surface area contributed by atoms with Crippen LogP contribution in [0.3, 0.4) is 0 Å². The second-order valence-corrected chi connectivity index (χ2v) is 8.36. The summed E-state index contributed by atoms with van der Waals surface area (Å²) in [6, 6.07) is 23.8. The molecule has 0 saturated heterocycles. The van der Waals surface area contributed by atoms with Crippen LogP contribution in [0.25, 0.3) is 0 Å². The van der Waals surface area contributed by atoms with Crippen LogP contribution >= 0.6 is 0 Å². The Bertz CT molecular complexity index is 1240. The number of aromatic nitrogens is 1. The van der Waals surface area contributed by atoms with Crippen LogP contribution in [0.15, 0.2) is 89.5 Å². The second kappa shape index (κ2) is 11.4. The highest BCUT2D eigenvalue weighted by Crippen LogP contribution is 2.19. The Kier molecular flexibility index (Phi) is 7.90. The summed E-state index contributed by atoms with van der Waals surface area (Å²) in [5.41, 5.74) is 3.24. The van der Waals surface area contributed by atoms with E-state index in [0.29, 0.717) is 25.5 Å². The van der Waals surface area contributed by atoms with Crippen molar-refractivity contribution in [1.82, 2.24) is 15.2 Å². The standard InChI is InChI=1S/C28H28FN3O3/c1-20(23-8-4-3-5-9-23)30-28(33)26-19-35-27(31-26)18-32(16-21-11-13-24(29)14-12-21)17-22-7-6-10-25(15-22)34-2/h3-15,19-20H,16-18H2,1-2H3,(H,30,33)/t20-/m0/s1. The zero-order valence-corrected chi connectivity index (χ0v) is 19.8. The smallest absolute Gasteiger partial charge is 0.273 e. The maximum absolute atomic E-state index is 13.4. The fourth-order valence-corrected chi connectivity index (χ4v) is 3.82. The van der Waals surface area contributed by atoms with Crippen LogP contribution in [0.5, 0.6) is 5.75 Å². The molecule has 0 aliphatic rings. The number of hydrogen-bond acceptors (Lipinski definition) is 5. The molecule has 0 saturated carbocycles. The number of carbonyl (C=O) groups is 1. The minimum atomic E-state index is -0.297. The molecule has 0 spiro atoms. The number of nitrogens with zero attached hydrogens (tertiary/aromatic N) is 2. The lowest BCUT2D eigenvalue weighted by Crippen LogP contribution is -2.27. The van der Waals surface area contributed by atoms with Crippen LogP contribution in [0.2, 0.25) is 0 Å². The molecule has 35 heavy (non-hydrogen) atoms. The first-order chi connectivity index (χ1) is 17.0. The minimum Gasteiger partial charge on any atom is -0.497 e. The van der Waals surface area contributed by atoms with E-state index in [4.69, 9.17) is 9.15 Å². The Balaban J connectivity index is 1.47. The molecule has 0 aliphatic heterocycles. The van der Waals surface area contributed by atoms with Gasteiger partial charge in [-0.2, -0.15) is 0 Å². The SMILES string of the molecule is COc1cccc(CN(Cc2ccc(F)cc2)Cc2nc(C(=O)N[C@@H](C)c3ccccc3)co2)c1. The van der Waals surface area contributed by atoms with Crippen LogP contribution in [0.1, 0.15) is 46.0 Å². The number of rotatable bonds is 10. The number of benzene rings is 3. The van der Waals surface area contributed by atoms with Crippen molar-refractivity contribution in [3.63, 3.8) is 0 Å². The van der Waals surface area contributed by atoms with Gasteiger partial charge in [0.1, 0.15) is 17.8 Å². The van der Waals surface area contributed by atoms with E-state index in [2.05, 4.69) is 15.2 Å². The average molecular weight is 474 g/mol. The third kappa shape index (κ3) is 6.77. The Labute approximate surface area is 204 Å². The third-order valence-corrected chi connectivity index (χ3v) is 5.65. The lowest BCUT2D eigenvalue weighted by molar-refractivity contribution is 0.0934. The maximum atomic E-state index is 13.4. The van der Waals surface area contributed by atoms with Crippen molar-refractivity contribution in [3.05, 3.63) is 119 Å². The molecule has 1 aromatic heterocycles. The lowest BCUT2D eigenvalue weighted by Gasteiger charge is -2.21. The molecule has 1 heterocycles. The van der Waals surface area contributed by atoms with Gasteiger partial charge in [-0.3, -0.25) is 9.69 Å². The number of nitrogens with one attached hydrogen (secondary N) is 1. The van der Waals surface area contributed by atoms with Gasteiger partial charge in [0, 0.05) is 13.1 Å². The lowest BCUT2D eigenvalue weighted by atomic mass is 10.1. The van der Waals surface area contributed by atoms with Crippen molar-refractivity contribution in [2.24, 2.45) is 0 Å². The van der Waals surface area contributed by atoms with Crippen LogP contribution in [-0.2, 0) is 19.6 Å². The largest absolute Gasteiger partial charge is 0.497 e. The number of halogens is 1. The third-order valence-electron chi connectivity index (χ3n) is 5.65. The van der Waals surface area contributed by atoms with Gasteiger partial charge in [-0.25, -0.2) is 9.37 Å². The summed E-state index contributed by atoms with van der Waals surface area (Å²) in [7, 11) is 1.63. The van der Waals surface area contributed by atoms with Crippen LogP contribution in [-0.4, -0.2) is 22.9 Å². The molecule has 7 heteroatoms. The molecule has 3 aromatic carbocycles. The van der Waals surface area contributed by atoms with E-state index < -0.39 is 0 Å². The van der Waals surface area contributed by atoms with Crippen LogP contribution in [0, 0.1) is 5.82 Å². The number of carbonyl (C=O) groups excluding carboxylic acids is 1. The normalized spacial score (nSPS) is 11.9. The number of ether oxygens (including phenoxy) is 1. The predicted molar refractivity (Wildman–Crippen MR) is 131 cm³/mol. The van der Waals surface area contributed by atoms with E-state index in [-0.39, 0.29) is 23.5 Å². The molecule has 0 bridgehead atoms. The summed E-state index contributed by atoms with van der Waals surface area (Å²) in [5.74, 6) is 0.620. The minimum absolute atomic E-state index is 0.160. The first-order valence-electron chi connectivity index (χ1n) is 11.4. The fourth-order valence-electron chi connectivity index (χ4n) is 3.82. The Hall–Kier alpha value is -3.97. The van der Waals surface area contributed by atoms with Gasteiger partial charge in [0.25, 0.3) is 5.91 Å². The first kappa shape index (κ1) is 24.2. The van der Waals surface area contributed by atoms with Gasteiger partial charge < -0.3 is 14.5 Å². The van der Waals surface area contributed by atoms with E-state index >= 15 is 0 Å². The molecule has 1 atom stereocenters. The van der Waals surface area contributed by atoms with E-state index in [0.717, 1.165) is 22.4 Å². The highest BCUT2D eigenvalue weighted by Gasteiger charge is 2.18. The summed E-state index contributed by atoms with van der Waals surface area (Å²) >= 11 is 0. The Morgan fingerprint density at radius 3 is 2.49 bits per heavy atom. The summed E-state index contributed by atoms with van der Waals surface area (Å²) in [4.78, 5) is 19.3. The predicted octanol–water partition coefficient (Wildman–Crippen LogP) is 5.52. The highest BCUT2D eigenvalue weighted by atomic mass is 19.1. The molecule has 0 radical (unpaired) electrons. The Morgan fingerprint density at radius 2 is 1.74 bits per heavy atom. The van der Waals surface area contributed by atoms with Gasteiger partial charge in [0.05, 0.1) is 19.7 Å². The van der Waals surface area contributed by atoms with Crippen molar-refractivity contribution < 1.29 is 18.3 Å². The molecule has 6 nitrogen and oxygen atoms in total. The quantitative estimate of drug-likeness (QED) is 0.329. The molecule has 1 amide bonds. The molecular weight excluding hydrogens is 445 g/mol. The van der Waals surface area contributed by atoms with Crippen LogP contribution in [0.4, 0.5) is 4.39 Å². The molecular formula is C28H28FN3O3. The van der Waals surface area contributed by atoms with Gasteiger partial charge in [-0.1, -0.05) is 54.6 Å². The van der Waals surface area contributed by atoms with Crippen molar-refractivity contribution >= 4 is 5.91 Å². The molecule has 180 valence electrons. The average Bonchev–Trinajstić information content (AvgIpc) is 3.34. The fraction of sp³-hybridized carbons (Fsp3) is 0.214. The number of methoxy groups -OCH3 is 1. The van der Waals surface area contributed by atoms with Gasteiger partial charge >= 0.3 is 0 Å². The van der Waals surface area contributed by atoms with Gasteiger partial charge in [0.2, 0.25) is 5.89 Å². The van der Waals surface area contributed by atoms with E-state index in [9.17, 15) is 9.18 Å². The summed E-state index contributed by atoms with van der Waals surface area (Å²) < 4.78 is 24.4. The Morgan fingerprint density at radius 1 is 1.00 bits per heavy atom. The van der Waals surface area contributed by atoms with Crippen molar-refractivity contribution in [2.75, 3.05) is 7.11 Å².